The molecule has 0 fully saturated rings. The number of rotatable bonds is 4. The largest absolute Gasteiger partial charge is 0.391 e. The van der Waals surface area contributed by atoms with E-state index in [2.05, 4.69) is 4.99 Å². The van der Waals surface area contributed by atoms with Crippen molar-refractivity contribution in [3.05, 3.63) is 0 Å². The SMILES string of the molecule is NCCC(O)N=CCO. The van der Waals surface area contributed by atoms with Crippen LogP contribution in [-0.4, -0.2) is 35.8 Å². The highest BCUT2D eigenvalue weighted by molar-refractivity contribution is 5.58. The fraction of sp³-hybridized carbons (Fsp3) is 0.800. The molecular weight excluding hydrogens is 120 g/mol. The van der Waals surface area contributed by atoms with Gasteiger partial charge in [0, 0.05) is 12.6 Å². The Bertz CT molecular complexity index is 85.0. The van der Waals surface area contributed by atoms with Gasteiger partial charge in [-0.2, -0.15) is 0 Å². The van der Waals surface area contributed by atoms with E-state index in [0.717, 1.165) is 0 Å². The van der Waals surface area contributed by atoms with Crippen LogP contribution in [0.1, 0.15) is 6.42 Å². The number of hydrogen-bond acceptors (Lipinski definition) is 4. The van der Waals surface area contributed by atoms with Crippen LogP contribution in [0.15, 0.2) is 4.99 Å². The third-order valence-corrected chi connectivity index (χ3v) is 0.784. The van der Waals surface area contributed by atoms with E-state index in [9.17, 15) is 0 Å². The number of nitrogens with zero attached hydrogens (tertiary/aromatic N) is 1. The minimum absolute atomic E-state index is 0.137. The van der Waals surface area contributed by atoms with Gasteiger partial charge < -0.3 is 15.9 Å². The van der Waals surface area contributed by atoms with E-state index in [1.54, 1.807) is 0 Å². The Morgan fingerprint density at radius 2 is 2.33 bits per heavy atom. The Morgan fingerprint density at radius 3 is 2.78 bits per heavy atom. The molecule has 1 atom stereocenters. The van der Waals surface area contributed by atoms with Crippen LogP contribution in [0.2, 0.25) is 0 Å². The number of hydrogen-bond donors (Lipinski definition) is 3. The van der Waals surface area contributed by atoms with Gasteiger partial charge in [-0.15, -0.1) is 0 Å². The van der Waals surface area contributed by atoms with Crippen LogP contribution >= 0.6 is 0 Å². The molecule has 0 aromatic carbocycles. The lowest BCUT2D eigenvalue weighted by Crippen LogP contribution is -2.11. The Kier molecular flexibility index (Phi) is 5.40. The van der Waals surface area contributed by atoms with E-state index < -0.39 is 6.23 Å². The number of aliphatic hydroxyl groups is 2. The van der Waals surface area contributed by atoms with E-state index in [4.69, 9.17) is 15.9 Å². The van der Waals surface area contributed by atoms with Crippen molar-refractivity contribution >= 4 is 6.21 Å². The Hall–Kier alpha value is -0.450. The number of nitrogens with two attached hydrogens (primary N) is 1. The summed E-state index contributed by atoms with van der Waals surface area (Å²) in [6.07, 6.45) is 0.943. The van der Waals surface area contributed by atoms with Crippen molar-refractivity contribution in [2.75, 3.05) is 13.2 Å². The summed E-state index contributed by atoms with van der Waals surface area (Å²) in [5.74, 6) is 0. The Balaban J connectivity index is 3.25. The molecule has 0 heterocycles. The molecule has 0 radical (unpaired) electrons. The van der Waals surface area contributed by atoms with Gasteiger partial charge >= 0.3 is 0 Å². The molecule has 1 unspecified atom stereocenters. The molecule has 0 rings (SSSR count). The molecule has 0 aromatic heterocycles. The van der Waals surface area contributed by atoms with Gasteiger partial charge in [0.05, 0.1) is 6.61 Å². The monoisotopic (exact) mass is 132 g/mol. The van der Waals surface area contributed by atoms with Gasteiger partial charge in [0.2, 0.25) is 0 Å². The summed E-state index contributed by atoms with van der Waals surface area (Å²) in [4.78, 5) is 3.53. The van der Waals surface area contributed by atoms with Crippen molar-refractivity contribution in [1.29, 1.82) is 0 Å². The van der Waals surface area contributed by atoms with Crippen LogP contribution in [-0.2, 0) is 0 Å². The smallest absolute Gasteiger partial charge is 0.146 e. The van der Waals surface area contributed by atoms with Crippen molar-refractivity contribution in [1.82, 2.24) is 0 Å². The average molecular weight is 132 g/mol. The van der Waals surface area contributed by atoms with Crippen molar-refractivity contribution in [2.45, 2.75) is 12.6 Å². The van der Waals surface area contributed by atoms with Crippen molar-refractivity contribution in [3.63, 3.8) is 0 Å². The predicted octanol–water partition coefficient (Wildman–Crippen LogP) is -1.28. The van der Waals surface area contributed by atoms with Crippen LogP contribution in [0.25, 0.3) is 0 Å². The molecule has 0 bridgehead atoms. The number of aliphatic hydroxyl groups excluding tert-OH is 2. The molecule has 0 aliphatic rings. The summed E-state index contributed by atoms with van der Waals surface area (Å²) in [6.45, 7) is 0.269. The van der Waals surface area contributed by atoms with Gasteiger partial charge in [0.1, 0.15) is 6.23 Å². The van der Waals surface area contributed by atoms with Gasteiger partial charge in [-0.25, -0.2) is 0 Å². The second-order valence-corrected chi connectivity index (χ2v) is 1.57. The van der Waals surface area contributed by atoms with E-state index in [1.165, 1.54) is 6.21 Å². The average Bonchev–Trinajstić information content (AvgIpc) is 1.85. The molecule has 0 spiro atoms. The zero-order chi connectivity index (χ0) is 7.11. The third kappa shape index (κ3) is 5.42. The van der Waals surface area contributed by atoms with Crippen LogP contribution in [0.3, 0.4) is 0 Å². The maximum absolute atomic E-state index is 8.79. The topological polar surface area (TPSA) is 78.8 Å². The van der Waals surface area contributed by atoms with E-state index >= 15 is 0 Å². The molecule has 4 nitrogen and oxygen atoms in total. The highest BCUT2D eigenvalue weighted by Gasteiger charge is 1.94. The van der Waals surface area contributed by atoms with E-state index in [0.29, 0.717) is 13.0 Å². The van der Waals surface area contributed by atoms with Gasteiger partial charge in [0.15, 0.2) is 0 Å². The predicted molar refractivity (Wildman–Crippen MR) is 35.3 cm³/mol. The molecular formula is C5H12N2O2. The summed E-state index contributed by atoms with van der Waals surface area (Å²) >= 11 is 0. The Labute approximate surface area is 54.0 Å². The molecule has 0 aliphatic carbocycles. The molecule has 54 valence electrons. The quantitative estimate of drug-likeness (QED) is 0.417. The first-order chi connectivity index (χ1) is 4.31. The normalized spacial score (nSPS) is 14.6. The summed E-state index contributed by atoms with van der Waals surface area (Å²) in [6, 6.07) is 0. The molecule has 9 heavy (non-hydrogen) atoms. The highest BCUT2D eigenvalue weighted by atomic mass is 16.3. The highest BCUT2D eigenvalue weighted by Crippen LogP contribution is 1.87. The first-order valence-electron chi connectivity index (χ1n) is 2.82. The molecule has 0 aliphatic heterocycles. The summed E-state index contributed by atoms with van der Waals surface area (Å²) in [5.41, 5.74) is 5.10. The first-order valence-corrected chi connectivity index (χ1v) is 2.82. The van der Waals surface area contributed by atoms with Gasteiger partial charge in [-0.3, -0.25) is 4.99 Å². The minimum Gasteiger partial charge on any atom is -0.391 e. The first kappa shape index (κ1) is 8.55. The molecule has 0 saturated heterocycles. The standard InChI is InChI=1S/C5H12N2O2/c6-2-1-5(9)7-3-4-8/h3,5,8-9H,1-2,4,6H2. The van der Waals surface area contributed by atoms with Gasteiger partial charge in [0.25, 0.3) is 0 Å². The van der Waals surface area contributed by atoms with Crippen LogP contribution in [0, 0.1) is 0 Å². The van der Waals surface area contributed by atoms with Gasteiger partial charge in [-0.1, -0.05) is 0 Å². The van der Waals surface area contributed by atoms with Crippen molar-refractivity contribution < 1.29 is 10.2 Å². The molecule has 4 N–H and O–H groups in total. The van der Waals surface area contributed by atoms with Crippen LogP contribution in [0.4, 0.5) is 0 Å². The molecule has 4 heteroatoms. The zero-order valence-electron chi connectivity index (χ0n) is 5.20. The second-order valence-electron chi connectivity index (χ2n) is 1.57. The maximum Gasteiger partial charge on any atom is 0.146 e. The maximum atomic E-state index is 8.79. The lowest BCUT2D eigenvalue weighted by atomic mass is 10.4. The summed E-state index contributed by atoms with van der Waals surface area (Å²) in [7, 11) is 0. The van der Waals surface area contributed by atoms with Crippen molar-refractivity contribution in [3.8, 4) is 0 Å². The Morgan fingerprint density at radius 1 is 1.67 bits per heavy atom. The summed E-state index contributed by atoms with van der Waals surface area (Å²) in [5, 5.41) is 17.0. The van der Waals surface area contributed by atoms with Crippen molar-refractivity contribution in [2.24, 2.45) is 10.7 Å². The lowest BCUT2D eigenvalue weighted by Gasteiger charge is -1.99. The van der Waals surface area contributed by atoms with E-state index in [-0.39, 0.29) is 6.61 Å². The van der Waals surface area contributed by atoms with Crippen LogP contribution < -0.4 is 5.73 Å². The number of aliphatic imine (C=N–C) groups is 1. The molecule has 0 saturated carbocycles. The lowest BCUT2D eigenvalue weighted by molar-refractivity contribution is 0.177. The molecule has 0 amide bonds. The molecule has 0 aromatic rings. The van der Waals surface area contributed by atoms with Crippen LogP contribution in [0.5, 0.6) is 0 Å². The zero-order valence-corrected chi connectivity index (χ0v) is 5.20. The van der Waals surface area contributed by atoms with E-state index in [1.807, 2.05) is 0 Å². The minimum atomic E-state index is -0.748. The third-order valence-electron chi connectivity index (χ3n) is 0.784. The van der Waals surface area contributed by atoms with Gasteiger partial charge in [-0.05, 0) is 6.54 Å². The summed E-state index contributed by atoms with van der Waals surface area (Å²) < 4.78 is 0. The second kappa shape index (κ2) is 5.68. The fourth-order valence-corrected chi connectivity index (χ4v) is 0.392. The fourth-order valence-electron chi connectivity index (χ4n) is 0.392.